The third kappa shape index (κ3) is 6.89. The Morgan fingerprint density at radius 2 is 1.54 bits per heavy atom. The number of carboxylic acid groups (broad SMARTS) is 1. The van der Waals surface area contributed by atoms with Crippen molar-refractivity contribution in [2.24, 2.45) is 0 Å². The van der Waals surface area contributed by atoms with Gasteiger partial charge in [0.05, 0.1) is 19.8 Å². The van der Waals surface area contributed by atoms with Crippen molar-refractivity contribution in [3.8, 4) is 11.5 Å². The molecule has 2 heterocycles. The van der Waals surface area contributed by atoms with Crippen LogP contribution in [0.15, 0.2) is 60.9 Å². The first-order valence-corrected chi connectivity index (χ1v) is 11.4. The van der Waals surface area contributed by atoms with Gasteiger partial charge >= 0.3 is 5.97 Å². The maximum Gasteiger partial charge on any atom is 0.335 e. The van der Waals surface area contributed by atoms with E-state index in [1.54, 1.807) is 24.5 Å². The van der Waals surface area contributed by atoms with Crippen LogP contribution in [0.1, 0.15) is 43.1 Å². The number of methoxy groups -OCH3 is 2. The number of nitrogens with zero attached hydrogens (tertiary/aromatic N) is 2. The molecule has 0 radical (unpaired) electrons. The van der Waals surface area contributed by atoms with Gasteiger partial charge in [0, 0.05) is 36.1 Å². The second-order valence-corrected chi connectivity index (χ2v) is 8.33. The summed E-state index contributed by atoms with van der Waals surface area (Å²) in [5.74, 6) is -2.56. The van der Waals surface area contributed by atoms with Gasteiger partial charge in [0.1, 0.15) is 11.3 Å². The molecular formula is C27H28FN3O6. The second kappa shape index (κ2) is 12.6. The number of aromatic carboxylic acids is 1. The number of halogens is 1. The van der Waals surface area contributed by atoms with Crippen molar-refractivity contribution >= 4 is 17.7 Å². The van der Waals surface area contributed by atoms with E-state index in [0.717, 1.165) is 19.5 Å². The standard InChI is InChI=1S/C16H13FO5.C11H15N3O/c1-21-11-7-8-12(22-2)14(17)13(11)15(18)9-3-5-10(6-4-9)16(19)20;1-14-7-4-10(8-14)13-11(15)9-2-5-12-6-3-9/h3-8H,1-2H3,(H,19,20);2-3,5-6,10H,4,7-8H2,1H3,(H,13,15)/t;10-/m.0/s1. The summed E-state index contributed by atoms with van der Waals surface area (Å²) in [6.07, 6.45) is 4.30. The van der Waals surface area contributed by atoms with E-state index >= 15 is 0 Å². The molecule has 2 N–H and O–H groups in total. The summed E-state index contributed by atoms with van der Waals surface area (Å²) >= 11 is 0. The molecule has 0 bridgehead atoms. The number of likely N-dealkylation sites (tertiary alicyclic amines) is 1. The summed E-state index contributed by atoms with van der Waals surface area (Å²) in [6, 6.07) is 11.7. The third-order valence-corrected chi connectivity index (χ3v) is 5.80. The van der Waals surface area contributed by atoms with Gasteiger partial charge in [0.25, 0.3) is 5.91 Å². The Labute approximate surface area is 213 Å². The van der Waals surface area contributed by atoms with E-state index < -0.39 is 17.6 Å². The number of hydrogen-bond acceptors (Lipinski definition) is 7. The number of rotatable bonds is 7. The number of likely N-dealkylation sites (N-methyl/N-ethyl adjacent to an activating group) is 1. The molecule has 9 nitrogen and oxygen atoms in total. The molecule has 194 valence electrons. The van der Waals surface area contributed by atoms with Gasteiger partial charge in [-0.1, -0.05) is 12.1 Å². The minimum Gasteiger partial charge on any atom is -0.496 e. The molecular weight excluding hydrogens is 481 g/mol. The number of nitrogens with one attached hydrogen (secondary N) is 1. The molecule has 1 aromatic heterocycles. The van der Waals surface area contributed by atoms with Gasteiger partial charge in [0.2, 0.25) is 0 Å². The van der Waals surface area contributed by atoms with E-state index in [4.69, 9.17) is 14.6 Å². The minimum atomic E-state index is -1.11. The van der Waals surface area contributed by atoms with Crippen molar-refractivity contribution in [3.05, 3.63) is 89.0 Å². The first-order valence-electron chi connectivity index (χ1n) is 11.4. The van der Waals surface area contributed by atoms with E-state index in [-0.39, 0.29) is 40.1 Å². The normalized spacial score (nSPS) is 14.8. The number of carbonyl (C=O) groups is 3. The lowest BCUT2D eigenvalue weighted by Crippen LogP contribution is -2.36. The first kappa shape index (κ1) is 27.3. The SMILES string of the molecule is CN1CC[C@H](NC(=O)c2ccncc2)C1.COc1ccc(OC)c(C(=O)c2ccc(C(=O)O)cc2)c1F. The molecule has 0 unspecified atom stereocenters. The molecule has 3 aromatic rings. The minimum absolute atomic E-state index is 0.00213. The zero-order chi connectivity index (χ0) is 26.9. The average molecular weight is 510 g/mol. The van der Waals surface area contributed by atoms with Gasteiger partial charge in [-0.15, -0.1) is 0 Å². The van der Waals surface area contributed by atoms with Crippen LogP contribution in [0, 0.1) is 5.82 Å². The lowest BCUT2D eigenvalue weighted by atomic mass is 10.00. The Hall–Kier alpha value is -4.31. The number of hydrogen-bond donors (Lipinski definition) is 2. The van der Waals surface area contributed by atoms with Crippen LogP contribution in [-0.4, -0.2) is 73.0 Å². The fourth-order valence-electron chi connectivity index (χ4n) is 3.81. The number of ether oxygens (including phenoxy) is 2. The largest absolute Gasteiger partial charge is 0.496 e. The number of carbonyl (C=O) groups excluding carboxylic acids is 2. The number of pyridine rings is 1. The van der Waals surface area contributed by atoms with Crippen LogP contribution in [0.25, 0.3) is 0 Å². The smallest absolute Gasteiger partial charge is 0.335 e. The highest BCUT2D eigenvalue weighted by Crippen LogP contribution is 2.30. The molecule has 1 fully saturated rings. The van der Waals surface area contributed by atoms with Crippen molar-refractivity contribution < 1.29 is 33.4 Å². The summed E-state index contributed by atoms with van der Waals surface area (Å²) in [5, 5.41) is 11.9. The summed E-state index contributed by atoms with van der Waals surface area (Å²) < 4.78 is 24.2. The number of carboxylic acids is 1. The average Bonchev–Trinajstić information content (AvgIpc) is 3.33. The zero-order valence-electron chi connectivity index (χ0n) is 20.7. The molecule has 37 heavy (non-hydrogen) atoms. The molecule has 0 aliphatic carbocycles. The fraction of sp³-hybridized carbons (Fsp3) is 0.259. The van der Waals surface area contributed by atoms with Gasteiger partial charge < -0.3 is 24.8 Å². The molecule has 1 aliphatic rings. The molecule has 1 amide bonds. The molecule has 0 saturated carbocycles. The van der Waals surface area contributed by atoms with Crippen LogP contribution < -0.4 is 14.8 Å². The van der Waals surface area contributed by atoms with Gasteiger partial charge in [-0.3, -0.25) is 14.6 Å². The van der Waals surface area contributed by atoms with Crippen molar-refractivity contribution in [2.45, 2.75) is 12.5 Å². The topological polar surface area (TPSA) is 118 Å². The van der Waals surface area contributed by atoms with Crippen molar-refractivity contribution in [2.75, 3.05) is 34.4 Å². The molecule has 1 saturated heterocycles. The third-order valence-electron chi connectivity index (χ3n) is 5.80. The van der Waals surface area contributed by atoms with E-state index in [2.05, 4.69) is 22.2 Å². The van der Waals surface area contributed by atoms with E-state index in [1.807, 2.05) is 0 Å². The predicted octanol–water partition coefficient (Wildman–Crippen LogP) is 3.29. The summed E-state index contributed by atoms with van der Waals surface area (Å²) in [5.41, 5.74) is 0.606. The number of amides is 1. The van der Waals surface area contributed by atoms with Gasteiger partial charge in [-0.05, 0) is 56.4 Å². The van der Waals surface area contributed by atoms with Crippen LogP contribution in [0.5, 0.6) is 11.5 Å². The maximum atomic E-state index is 14.3. The second-order valence-electron chi connectivity index (χ2n) is 8.33. The lowest BCUT2D eigenvalue weighted by Gasteiger charge is -2.12. The van der Waals surface area contributed by atoms with E-state index in [0.29, 0.717) is 5.56 Å². The molecule has 4 rings (SSSR count). The van der Waals surface area contributed by atoms with Crippen LogP contribution in [0.4, 0.5) is 4.39 Å². The molecule has 10 heteroatoms. The van der Waals surface area contributed by atoms with Gasteiger partial charge in [0.15, 0.2) is 17.3 Å². The lowest BCUT2D eigenvalue weighted by molar-refractivity contribution is 0.0696. The molecule has 2 aromatic carbocycles. The maximum absolute atomic E-state index is 14.3. The van der Waals surface area contributed by atoms with E-state index in [9.17, 15) is 18.8 Å². The van der Waals surface area contributed by atoms with Crippen LogP contribution in [0.3, 0.4) is 0 Å². The van der Waals surface area contributed by atoms with Gasteiger partial charge in [-0.25, -0.2) is 9.18 Å². The van der Waals surface area contributed by atoms with Crippen LogP contribution in [0.2, 0.25) is 0 Å². The number of aromatic nitrogens is 1. The highest BCUT2D eigenvalue weighted by molar-refractivity contribution is 6.11. The van der Waals surface area contributed by atoms with Crippen LogP contribution in [-0.2, 0) is 0 Å². The Bertz CT molecular complexity index is 1250. The van der Waals surface area contributed by atoms with Gasteiger partial charge in [-0.2, -0.15) is 0 Å². The molecule has 0 spiro atoms. The highest BCUT2D eigenvalue weighted by Gasteiger charge is 2.23. The quantitative estimate of drug-likeness (QED) is 0.466. The first-order chi connectivity index (χ1) is 17.7. The van der Waals surface area contributed by atoms with Crippen LogP contribution >= 0.6 is 0 Å². The predicted molar refractivity (Wildman–Crippen MR) is 134 cm³/mol. The van der Waals surface area contributed by atoms with Crippen molar-refractivity contribution in [1.29, 1.82) is 0 Å². The Kier molecular flexibility index (Phi) is 9.28. The number of benzene rings is 2. The molecule has 1 aliphatic heterocycles. The fourth-order valence-corrected chi connectivity index (χ4v) is 3.81. The highest BCUT2D eigenvalue weighted by atomic mass is 19.1. The summed E-state index contributed by atoms with van der Waals surface area (Å²) in [6.45, 7) is 2.00. The monoisotopic (exact) mass is 509 g/mol. The van der Waals surface area contributed by atoms with E-state index in [1.165, 1.54) is 50.6 Å². The Balaban J connectivity index is 0.000000220. The zero-order valence-corrected chi connectivity index (χ0v) is 20.7. The van der Waals surface area contributed by atoms with Crippen molar-refractivity contribution in [1.82, 2.24) is 15.2 Å². The van der Waals surface area contributed by atoms with Crippen molar-refractivity contribution in [3.63, 3.8) is 0 Å². The number of ketones is 1. The summed E-state index contributed by atoms with van der Waals surface area (Å²) in [7, 11) is 4.69. The summed E-state index contributed by atoms with van der Waals surface area (Å²) in [4.78, 5) is 41.1. The molecule has 1 atom stereocenters. The Morgan fingerprint density at radius 3 is 2.08 bits per heavy atom. The Morgan fingerprint density at radius 1 is 0.946 bits per heavy atom.